The number of hydrogen-bond acceptors (Lipinski definition) is 6. The summed E-state index contributed by atoms with van der Waals surface area (Å²) in [5.41, 5.74) is 8.99. The number of fused-ring (bicyclic) bond motifs is 1. The summed E-state index contributed by atoms with van der Waals surface area (Å²) in [5, 5.41) is 29.6. The molecule has 2 aromatic rings. The summed E-state index contributed by atoms with van der Waals surface area (Å²) >= 11 is 0. The van der Waals surface area contributed by atoms with Crippen molar-refractivity contribution in [1.29, 1.82) is 15.9 Å². The molecular formula is C13H9N7. The van der Waals surface area contributed by atoms with Gasteiger partial charge in [-0.3, -0.25) is 15.8 Å². The first-order valence-electron chi connectivity index (χ1n) is 5.53. The van der Waals surface area contributed by atoms with E-state index in [9.17, 15) is 5.26 Å². The second-order valence-corrected chi connectivity index (χ2v) is 3.77. The van der Waals surface area contributed by atoms with Crippen LogP contribution in [-0.2, 0) is 0 Å². The van der Waals surface area contributed by atoms with Crippen LogP contribution in [0.2, 0.25) is 0 Å². The van der Waals surface area contributed by atoms with Crippen LogP contribution in [0.15, 0.2) is 35.6 Å². The second-order valence-electron chi connectivity index (χ2n) is 3.77. The average molecular weight is 263 g/mol. The zero-order valence-corrected chi connectivity index (χ0v) is 10.3. The first-order chi connectivity index (χ1) is 9.67. The standard InChI is InChI=1S/C13H9N7/c14-6-9-8-2-1-5-18-10(8)3-4-11(9)19-20-12(7-15)13(16)17/h1-5,19H,(H3,16,17)/b20-12+. The summed E-state index contributed by atoms with van der Waals surface area (Å²) < 4.78 is 0. The number of nitriles is 2. The highest BCUT2D eigenvalue weighted by Gasteiger charge is 2.08. The number of hydrazone groups is 1. The SMILES string of the molecule is N#C/C(=N\Nc1ccc2ncccc2c1C#N)C(=N)N. The first kappa shape index (κ1) is 13.0. The number of benzene rings is 1. The van der Waals surface area contributed by atoms with Crippen LogP contribution in [0.3, 0.4) is 0 Å². The van der Waals surface area contributed by atoms with E-state index in [-0.39, 0.29) is 5.71 Å². The maximum Gasteiger partial charge on any atom is 0.201 e. The van der Waals surface area contributed by atoms with Crippen molar-refractivity contribution in [3.05, 3.63) is 36.0 Å². The summed E-state index contributed by atoms with van der Waals surface area (Å²) in [6, 6.07) is 10.6. The van der Waals surface area contributed by atoms with Gasteiger partial charge in [-0.25, -0.2) is 0 Å². The molecule has 2 rings (SSSR count). The van der Waals surface area contributed by atoms with Gasteiger partial charge >= 0.3 is 0 Å². The van der Waals surface area contributed by atoms with Crippen molar-refractivity contribution in [2.75, 3.05) is 5.43 Å². The summed E-state index contributed by atoms with van der Waals surface area (Å²) in [4.78, 5) is 4.15. The lowest BCUT2D eigenvalue weighted by Crippen LogP contribution is -2.22. The lowest BCUT2D eigenvalue weighted by atomic mass is 10.1. The molecule has 4 N–H and O–H groups in total. The number of nitrogens with two attached hydrogens (primary N) is 1. The highest BCUT2D eigenvalue weighted by atomic mass is 15.3. The molecule has 1 heterocycles. The number of nitrogens with one attached hydrogen (secondary N) is 2. The molecule has 0 saturated carbocycles. The Bertz CT molecular complexity index is 792. The lowest BCUT2D eigenvalue weighted by molar-refractivity contribution is 1.32. The number of hydrogen-bond donors (Lipinski definition) is 3. The molecule has 96 valence electrons. The van der Waals surface area contributed by atoms with E-state index in [1.165, 1.54) is 0 Å². The molecule has 20 heavy (non-hydrogen) atoms. The number of pyridine rings is 1. The van der Waals surface area contributed by atoms with Crippen molar-refractivity contribution < 1.29 is 0 Å². The maximum absolute atomic E-state index is 9.25. The molecule has 0 saturated heterocycles. The van der Waals surface area contributed by atoms with Crippen molar-refractivity contribution in [2.45, 2.75) is 0 Å². The second kappa shape index (κ2) is 5.46. The quantitative estimate of drug-likeness (QED) is 0.436. The van der Waals surface area contributed by atoms with Crippen LogP contribution in [-0.4, -0.2) is 16.5 Å². The molecule has 0 amide bonds. The molecule has 0 radical (unpaired) electrons. The minimum absolute atomic E-state index is 0.250. The van der Waals surface area contributed by atoms with Crippen molar-refractivity contribution in [3.63, 3.8) is 0 Å². The summed E-state index contributed by atoms with van der Waals surface area (Å²) in [7, 11) is 0. The molecule has 0 unspecified atom stereocenters. The minimum atomic E-state index is -0.444. The highest BCUT2D eigenvalue weighted by molar-refractivity contribution is 6.45. The van der Waals surface area contributed by atoms with Gasteiger partial charge in [0.05, 0.1) is 16.8 Å². The van der Waals surface area contributed by atoms with E-state index < -0.39 is 5.84 Å². The number of amidine groups is 1. The summed E-state index contributed by atoms with van der Waals surface area (Å²) in [6.07, 6.45) is 1.64. The molecule has 0 fully saturated rings. The van der Waals surface area contributed by atoms with E-state index in [2.05, 4.69) is 21.6 Å². The van der Waals surface area contributed by atoms with E-state index >= 15 is 0 Å². The fourth-order valence-electron chi connectivity index (χ4n) is 1.63. The lowest BCUT2D eigenvalue weighted by Gasteiger charge is -2.06. The molecular weight excluding hydrogens is 254 g/mol. The van der Waals surface area contributed by atoms with Crippen LogP contribution in [0.5, 0.6) is 0 Å². The zero-order valence-electron chi connectivity index (χ0n) is 10.3. The van der Waals surface area contributed by atoms with Gasteiger partial charge in [0.2, 0.25) is 5.71 Å². The van der Waals surface area contributed by atoms with E-state index in [4.69, 9.17) is 16.4 Å². The van der Waals surface area contributed by atoms with Gasteiger partial charge in [-0.15, -0.1) is 0 Å². The Labute approximate surface area is 114 Å². The van der Waals surface area contributed by atoms with Crippen LogP contribution < -0.4 is 11.2 Å². The smallest absolute Gasteiger partial charge is 0.201 e. The molecule has 0 aliphatic carbocycles. The molecule has 0 bridgehead atoms. The third-order valence-electron chi connectivity index (χ3n) is 2.55. The molecule has 0 aliphatic heterocycles. The maximum atomic E-state index is 9.25. The van der Waals surface area contributed by atoms with Crippen LogP contribution >= 0.6 is 0 Å². The normalized spacial score (nSPS) is 10.6. The monoisotopic (exact) mass is 263 g/mol. The minimum Gasteiger partial charge on any atom is -0.382 e. The molecule has 1 aromatic heterocycles. The van der Waals surface area contributed by atoms with Crippen LogP contribution in [0.4, 0.5) is 5.69 Å². The van der Waals surface area contributed by atoms with Gasteiger partial charge in [0, 0.05) is 11.6 Å². The van der Waals surface area contributed by atoms with E-state index in [0.29, 0.717) is 22.2 Å². The molecule has 0 aliphatic rings. The van der Waals surface area contributed by atoms with Gasteiger partial charge in [0.25, 0.3) is 0 Å². The fourth-order valence-corrected chi connectivity index (χ4v) is 1.63. The van der Waals surface area contributed by atoms with Crippen LogP contribution in [0.25, 0.3) is 10.9 Å². The number of rotatable bonds is 3. The average Bonchev–Trinajstić information content (AvgIpc) is 2.47. The van der Waals surface area contributed by atoms with Gasteiger partial charge in [-0.2, -0.15) is 15.6 Å². The van der Waals surface area contributed by atoms with Crippen LogP contribution in [0.1, 0.15) is 5.56 Å². The van der Waals surface area contributed by atoms with Gasteiger partial charge in [0.1, 0.15) is 12.1 Å². The van der Waals surface area contributed by atoms with Crippen molar-refractivity contribution in [3.8, 4) is 12.1 Å². The summed E-state index contributed by atoms with van der Waals surface area (Å²) in [5.74, 6) is -0.444. The topological polar surface area (TPSA) is 135 Å². The Morgan fingerprint density at radius 3 is 2.80 bits per heavy atom. The third-order valence-corrected chi connectivity index (χ3v) is 2.55. The van der Waals surface area contributed by atoms with Crippen molar-refractivity contribution in [2.24, 2.45) is 10.8 Å². The predicted molar refractivity (Wildman–Crippen MR) is 75.0 cm³/mol. The van der Waals surface area contributed by atoms with Crippen LogP contribution in [0, 0.1) is 28.1 Å². The van der Waals surface area contributed by atoms with Gasteiger partial charge < -0.3 is 5.73 Å². The molecule has 0 spiro atoms. The molecule has 7 nitrogen and oxygen atoms in total. The Morgan fingerprint density at radius 2 is 2.15 bits per heavy atom. The first-order valence-corrected chi connectivity index (χ1v) is 5.53. The van der Waals surface area contributed by atoms with Gasteiger partial charge in [-0.05, 0) is 24.3 Å². The Morgan fingerprint density at radius 1 is 1.35 bits per heavy atom. The molecule has 7 heteroatoms. The van der Waals surface area contributed by atoms with E-state index in [1.807, 2.05) is 0 Å². The highest BCUT2D eigenvalue weighted by Crippen LogP contribution is 2.24. The van der Waals surface area contributed by atoms with Crippen molar-refractivity contribution in [1.82, 2.24) is 4.98 Å². The predicted octanol–water partition coefficient (Wildman–Crippen LogP) is 1.33. The number of aromatic nitrogens is 1. The molecule has 1 aromatic carbocycles. The number of nitrogens with zero attached hydrogens (tertiary/aromatic N) is 4. The van der Waals surface area contributed by atoms with Crippen molar-refractivity contribution >= 4 is 28.1 Å². The fraction of sp³-hybridized carbons (Fsp3) is 0. The Kier molecular flexibility index (Phi) is 3.55. The zero-order chi connectivity index (χ0) is 14.5. The van der Waals surface area contributed by atoms with Gasteiger partial charge in [-0.1, -0.05) is 0 Å². The van der Waals surface area contributed by atoms with E-state index in [0.717, 1.165) is 0 Å². The Hall–Kier alpha value is -3.45. The largest absolute Gasteiger partial charge is 0.382 e. The van der Waals surface area contributed by atoms with E-state index in [1.54, 1.807) is 36.5 Å². The number of anilines is 1. The third kappa shape index (κ3) is 2.37. The molecule has 0 atom stereocenters. The van der Waals surface area contributed by atoms with Gasteiger partial charge in [0.15, 0.2) is 5.84 Å². The Balaban J connectivity index is 2.49. The summed E-state index contributed by atoms with van der Waals surface area (Å²) in [6.45, 7) is 0.